The molecule has 0 spiro atoms. The van der Waals surface area contributed by atoms with Crippen molar-refractivity contribution in [3.63, 3.8) is 0 Å². The van der Waals surface area contributed by atoms with E-state index in [9.17, 15) is 8.42 Å². The van der Waals surface area contributed by atoms with E-state index in [2.05, 4.69) is 44.6 Å². The fraction of sp³-hybridized carbons (Fsp3) is 0.278. The largest absolute Gasteiger partial charge is 0.355 e. The van der Waals surface area contributed by atoms with Crippen molar-refractivity contribution in [2.45, 2.75) is 18.4 Å². The highest BCUT2D eigenvalue weighted by molar-refractivity contribution is 14.0. The fourth-order valence-electron chi connectivity index (χ4n) is 2.16. The summed E-state index contributed by atoms with van der Waals surface area (Å²) in [5, 5.41) is 6.28. The van der Waals surface area contributed by atoms with Crippen molar-refractivity contribution in [3.05, 3.63) is 65.7 Å². The number of aryl methyl sites for hydroxylation is 1. The molecule has 2 aromatic carbocycles. The molecule has 26 heavy (non-hydrogen) atoms. The van der Waals surface area contributed by atoms with Crippen LogP contribution in [0.5, 0.6) is 0 Å². The molecule has 0 saturated heterocycles. The number of nitrogens with zero attached hydrogens (tertiary/aromatic N) is 1. The Bertz CT molecular complexity index is 794. The SMILES string of the molecule is CN=C(NCCNS(=O)(=O)c1ccccc1)NCc1ccc(C)cc1.I. The molecule has 0 aliphatic rings. The molecular weight excluding hydrogens is 463 g/mol. The van der Waals surface area contributed by atoms with Crippen molar-refractivity contribution < 1.29 is 8.42 Å². The van der Waals surface area contributed by atoms with Gasteiger partial charge in [-0.25, -0.2) is 13.1 Å². The van der Waals surface area contributed by atoms with Crippen LogP contribution in [-0.4, -0.2) is 34.5 Å². The molecule has 0 radical (unpaired) electrons. The van der Waals surface area contributed by atoms with Crippen LogP contribution in [0.3, 0.4) is 0 Å². The molecule has 0 aliphatic heterocycles. The zero-order chi connectivity index (χ0) is 18.1. The Labute approximate surface area is 172 Å². The second kappa shape index (κ2) is 11.1. The summed E-state index contributed by atoms with van der Waals surface area (Å²) < 4.78 is 26.8. The Kier molecular flexibility index (Phi) is 9.60. The number of sulfonamides is 1. The summed E-state index contributed by atoms with van der Waals surface area (Å²) in [5.74, 6) is 0.625. The maximum Gasteiger partial charge on any atom is 0.240 e. The zero-order valence-electron chi connectivity index (χ0n) is 14.9. The maximum atomic E-state index is 12.1. The van der Waals surface area contributed by atoms with Gasteiger partial charge in [-0.2, -0.15) is 0 Å². The van der Waals surface area contributed by atoms with Gasteiger partial charge in [-0.3, -0.25) is 4.99 Å². The summed E-state index contributed by atoms with van der Waals surface area (Å²) in [5.41, 5.74) is 2.37. The van der Waals surface area contributed by atoms with Gasteiger partial charge in [-0.15, -0.1) is 24.0 Å². The van der Waals surface area contributed by atoms with Gasteiger partial charge >= 0.3 is 0 Å². The minimum absolute atomic E-state index is 0. The molecule has 0 bridgehead atoms. The lowest BCUT2D eigenvalue weighted by Gasteiger charge is -2.12. The van der Waals surface area contributed by atoms with Gasteiger partial charge in [0, 0.05) is 26.7 Å². The molecule has 6 nitrogen and oxygen atoms in total. The van der Waals surface area contributed by atoms with Gasteiger partial charge in [0.05, 0.1) is 4.90 Å². The monoisotopic (exact) mass is 488 g/mol. The van der Waals surface area contributed by atoms with Crippen LogP contribution in [0.15, 0.2) is 64.5 Å². The van der Waals surface area contributed by atoms with Crippen LogP contribution >= 0.6 is 24.0 Å². The first-order valence-corrected chi connectivity index (χ1v) is 9.54. The zero-order valence-corrected chi connectivity index (χ0v) is 18.0. The third-order valence-electron chi connectivity index (χ3n) is 3.57. The summed E-state index contributed by atoms with van der Waals surface area (Å²) >= 11 is 0. The fourth-order valence-corrected chi connectivity index (χ4v) is 3.21. The van der Waals surface area contributed by atoms with E-state index in [0.29, 0.717) is 19.0 Å². The molecular formula is C18H25IN4O2S. The van der Waals surface area contributed by atoms with E-state index in [4.69, 9.17) is 0 Å². The van der Waals surface area contributed by atoms with Crippen molar-refractivity contribution >= 4 is 40.0 Å². The molecule has 0 saturated carbocycles. The highest BCUT2D eigenvalue weighted by atomic mass is 127. The number of hydrogen-bond acceptors (Lipinski definition) is 3. The second-order valence-electron chi connectivity index (χ2n) is 5.55. The third kappa shape index (κ3) is 7.30. The molecule has 0 aromatic heterocycles. The van der Waals surface area contributed by atoms with E-state index < -0.39 is 10.0 Å². The van der Waals surface area contributed by atoms with Crippen molar-refractivity contribution in [3.8, 4) is 0 Å². The van der Waals surface area contributed by atoms with Crippen molar-refractivity contribution in [1.82, 2.24) is 15.4 Å². The molecule has 2 rings (SSSR count). The first kappa shape index (κ1) is 22.4. The Morgan fingerprint density at radius 3 is 2.23 bits per heavy atom. The van der Waals surface area contributed by atoms with Crippen LogP contribution in [-0.2, 0) is 16.6 Å². The molecule has 2 aromatic rings. The predicted molar refractivity (Wildman–Crippen MR) is 116 cm³/mol. The second-order valence-corrected chi connectivity index (χ2v) is 7.32. The van der Waals surface area contributed by atoms with E-state index in [1.165, 1.54) is 5.56 Å². The molecule has 142 valence electrons. The lowest BCUT2D eigenvalue weighted by Crippen LogP contribution is -2.41. The normalized spacial score (nSPS) is 11.5. The van der Waals surface area contributed by atoms with Crippen molar-refractivity contribution in [1.29, 1.82) is 0 Å². The smallest absolute Gasteiger partial charge is 0.240 e. The molecule has 8 heteroatoms. The summed E-state index contributed by atoms with van der Waals surface area (Å²) in [6, 6.07) is 16.6. The van der Waals surface area contributed by atoms with Gasteiger partial charge in [-0.05, 0) is 24.6 Å². The summed E-state index contributed by atoms with van der Waals surface area (Å²) in [7, 11) is -1.80. The predicted octanol–water partition coefficient (Wildman–Crippen LogP) is 2.26. The summed E-state index contributed by atoms with van der Waals surface area (Å²) in [6.45, 7) is 3.39. The van der Waals surface area contributed by atoms with Gasteiger partial charge in [0.25, 0.3) is 0 Å². The number of guanidine groups is 1. The van der Waals surface area contributed by atoms with Gasteiger partial charge in [0.15, 0.2) is 5.96 Å². The number of benzene rings is 2. The minimum atomic E-state index is -3.47. The van der Waals surface area contributed by atoms with Crippen LogP contribution in [0.1, 0.15) is 11.1 Å². The maximum absolute atomic E-state index is 12.1. The first-order chi connectivity index (χ1) is 12.0. The molecule has 0 unspecified atom stereocenters. The summed E-state index contributed by atoms with van der Waals surface area (Å²) in [4.78, 5) is 4.39. The number of rotatable bonds is 7. The van der Waals surface area contributed by atoms with E-state index in [1.807, 2.05) is 6.92 Å². The van der Waals surface area contributed by atoms with Crippen LogP contribution in [0.25, 0.3) is 0 Å². The Balaban J connectivity index is 0.00000338. The molecule has 0 atom stereocenters. The molecule has 0 fully saturated rings. The van der Waals surface area contributed by atoms with E-state index >= 15 is 0 Å². The van der Waals surface area contributed by atoms with Crippen molar-refractivity contribution in [2.75, 3.05) is 20.1 Å². The number of aliphatic imine (C=N–C) groups is 1. The number of halogens is 1. The average molecular weight is 488 g/mol. The molecule has 0 amide bonds. The minimum Gasteiger partial charge on any atom is -0.355 e. The van der Waals surface area contributed by atoms with E-state index in [0.717, 1.165) is 5.56 Å². The van der Waals surface area contributed by atoms with Gasteiger partial charge < -0.3 is 10.6 Å². The van der Waals surface area contributed by atoms with E-state index in [1.54, 1.807) is 37.4 Å². The highest BCUT2D eigenvalue weighted by Gasteiger charge is 2.11. The van der Waals surface area contributed by atoms with Gasteiger partial charge in [0.1, 0.15) is 0 Å². The first-order valence-electron chi connectivity index (χ1n) is 8.06. The molecule has 0 heterocycles. The topological polar surface area (TPSA) is 82.6 Å². The summed E-state index contributed by atoms with van der Waals surface area (Å²) in [6.07, 6.45) is 0. The Morgan fingerprint density at radius 2 is 1.62 bits per heavy atom. The quantitative estimate of drug-likeness (QED) is 0.242. The third-order valence-corrected chi connectivity index (χ3v) is 5.04. The van der Waals surface area contributed by atoms with Crippen molar-refractivity contribution in [2.24, 2.45) is 4.99 Å². The Hall–Kier alpha value is -1.65. The standard InChI is InChI=1S/C18H24N4O2S.HI/c1-15-8-10-16(11-9-15)14-21-18(19-2)20-12-13-22-25(23,24)17-6-4-3-5-7-17;/h3-11,22H,12-14H2,1-2H3,(H2,19,20,21);1H. The van der Waals surface area contributed by atoms with Crippen LogP contribution in [0.4, 0.5) is 0 Å². The Morgan fingerprint density at radius 1 is 0.962 bits per heavy atom. The molecule has 0 aliphatic carbocycles. The van der Waals surface area contributed by atoms with Gasteiger partial charge in [-0.1, -0.05) is 48.0 Å². The number of nitrogens with one attached hydrogen (secondary N) is 3. The number of hydrogen-bond donors (Lipinski definition) is 3. The lowest BCUT2D eigenvalue weighted by molar-refractivity contribution is 0.580. The van der Waals surface area contributed by atoms with Crippen LogP contribution in [0, 0.1) is 6.92 Å². The average Bonchev–Trinajstić information content (AvgIpc) is 2.63. The van der Waals surface area contributed by atoms with Gasteiger partial charge in [0.2, 0.25) is 10.0 Å². The lowest BCUT2D eigenvalue weighted by atomic mass is 10.1. The van der Waals surface area contributed by atoms with E-state index in [-0.39, 0.29) is 35.4 Å². The molecule has 3 N–H and O–H groups in total. The highest BCUT2D eigenvalue weighted by Crippen LogP contribution is 2.06. The van der Waals surface area contributed by atoms with Crippen LogP contribution < -0.4 is 15.4 Å². The van der Waals surface area contributed by atoms with Crippen LogP contribution in [0.2, 0.25) is 0 Å².